The van der Waals surface area contributed by atoms with Crippen LogP contribution in [-0.4, -0.2) is 29.7 Å². The van der Waals surface area contributed by atoms with E-state index in [4.69, 9.17) is 16.3 Å². The lowest BCUT2D eigenvalue weighted by molar-refractivity contribution is -0.126. The zero-order valence-electron chi connectivity index (χ0n) is 12.1. The van der Waals surface area contributed by atoms with E-state index in [0.29, 0.717) is 22.9 Å². The fourth-order valence-corrected chi connectivity index (χ4v) is 1.80. The second-order valence-corrected chi connectivity index (χ2v) is 4.90. The second-order valence-electron chi connectivity index (χ2n) is 4.47. The number of urea groups is 1. The van der Waals surface area contributed by atoms with E-state index in [0.717, 1.165) is 0 Å². The van der Waals surface area contributed by atoms with Crippen molar-refractivity contribution < 1.29 is 19.4 Å². The van der Waals surface area contributed by atoms with Crippen LogP contribution in [0.4, 0.5) is 4.79 Å². The average molecular weight is 315 g/mol. The first kappa shape index (κ1) is 17.3. The van der Waals surface area contributed by atoms with Crippen LogP contribution in [0.5, 0.6) is 5.75 Å². The summed E-state index contributed by atoms with van der Waals surface area (Å²) in [6.07, 6.45) is -1.69. The third-order valence-corrected chi connectivity index (χ3v) is 2.90. The normalized spacial score (nSPS) is 13.2. The molecule has 3 N–H and O–H groups in total. The molecule has 0 spiro atoms. The smallest absolute Gasteiger partial charge is 0.321 e. The van der Waals surface area contributed by atoms with Crippen molar-refractivity contribution in [1.29, 1.82) is 0 Å². The molecule has 0 aliphatic carbocycles. The van der Waals surface area contributed by atoms with Gasteiger partial charge in [0.05, 0.1) is 6.10 Å². The van der Waals surface area contributed by atoms with E-state index in [2.05, 4.69) is 10.6 Å². The van der Waals surface area contributed by atoms with Gasteiger partial charge in [0.15, 0.2) is 6.10 Å². The third-order valence-electron chi connectivity index (χ3n) is 2.67. The Bertz CT molecular complexity index is 520. The highest BCUT2D eigenvalue weighted by Crippen LogP contribution is 2.29. The number of nitrogens with one attached hydrogen (secondary N) is 2. The molecule has 1 rings (SSSR count). The first-order valence-electron chi connectivity index (χ1n) is 6.58. The van der Waals surface area contributed by atoms with Gasteiger partial charge in [-0.15, -0.1) is 0 Å². The van der Waals surface area contributed by atoms with Crippen molar-refractivity contribution in [2.45, 2.75) is 33.0 Å². The molecule has 0 fully saturated rings. The average Bonchev–Trinajstić information content (AvgIpc) is 2.40. The van der Waals surface area contributed by atoms with Crippen LogP contribution in [-0.2, 0) is 4.79 Å². The van der Waals surface area contributed by atoms with Gasteiger partial charge in [-0.25, -0.2) is 4.79 Å². The van der Waals surface area contributed by atoms with E-state index in [-0.39, 0.29) is 0 Å². The number of imide groups is 1. The summed E-state index contributed by atoms with van der Waals surface area (Å²) in [5.74, 6) is -0.236. The molecule has 0 saturated heterocycles. The van der Waals surface area contributed by atoms with Gasteiger partial charge in [0.2, 0.25) is 0 Å². The van der Waals surface area contributed by atoms with E-state index in [1.165, 1.54) is 6.92 Å². The number of halogens is 1. The Hall–Kier alpha value is -1.79. The van der Waals surface area contributed by atoms with Crippen molar-refractivity contribution in [3.8, 4) is 5.75 Å². The first-order chi connectivity index (χ1) is 9.85. The van der Waals surface area contributed by atoms with Crippen LogP contribution in [0.2, 0.25) is 5.02 Å². The summed E-state index contributed by atoms with van der Waals surface area (Å²) in [5.41, 5.74) is 0.472. The first-order valence-corrected chi connectivity index (χ1v) is 6.95. The molecule has 0 aliphatic heterocycles. The molecule has 1 aromatic rings. The van der Waals surface area contributed by atoms with Crippen LogP contribution in [0.1, 0.15) is 32.4 Å². The highest BCUT2D eigenvalue weighted by molar-refractivity contribution is 6.30. The zero-order valence-corrected chi connectivity index (χ0v) is 12.9. The molecular weight excluding hydrogens is 296 g/mol. The largest absolute Gasteiger partial charge is 0.480 e. The van der Waals surface area contributed by atoms with Gasteiger partial charge in [-0.1, -0.05) is 11.6 Å². The maximum Gasteiger partial charge on any atom is 0.321 e. The van der Waals surface area contributed by atoms with Crippen LogP contribution >= 0.6 is 11.6 Å². The van der Waals surface area contributed by atoms with E-state index in [1.54, 1.807) is 32.0 Å². The molecule has 0 aromatic heterocycles. The van der Waals surface area contributed by atoms with Crippen LogP contribution in [0.25, 0.3) is 0 Å². The molecule has 3 amide bonds. The van der Waals surface area contributed by atoms with Crippen molar-refractivity contribution in [3.63, 3.8) is 0 Å². The molecule has 0 aliphatic rings. The summed E-state index contributed by atoms with van der Waals surface area (Å²) in [4.78, 5) is 23.1. The Labute approximate surface area is 128 Å². The molecule has 0 saturated carbocycles. The van der Waals surface area contributed by atoms with Crippen molar-refractivity contribution >= 4 is 23.5 Å². The van der Waals surface area contributed by atoms with Gasteiger partial charge in [0.25, 0.3) is 5.91 Å². The number of aliphatic hydroxyl groups is 1. The van der Waals surface area contributed by atoms with Crippen molar-refractivity contribution in [2.75, 3.05) is 6.54 Å². The summed E-state index contributed by atoms with van der Waals surface area (Å²) in [5, 5.41) is 14.8. The summed E-state index contributed by atoms with van der Waals surface area (Å²) < 4.78 is 5.49. The van der Waals surface area contributed by atoms with Crippen LogP contribution in [0, 0.1) is 0 Å². The fraction of sp³-hybridized carbons (Fsp3) is 0.429. The lowest BCUT2D eigenvalue weighted by Gasteiger charge is -2.18. The quantitative estimate of drug-likeness (QED) is 0.775. The minimum Gasteiger partial charge on any atom is -0.480 e. The number of benzene rings is 1. The molecule has 0 radical (unpaired) electrons. The molecule has 1 aromatic carbocycles. The van der Waals surface area contributed by atoms with Gasteiger partial charge in [-0.3, -0.25) is 10.1 Å². The van der Waals surface area contributed by atoms with Crippen LogP contribution < -0.4 is 15.4 Å². The summed E-state index contributed by atoms with van der Waals surface area (Å²) in [7, 11) is 0. The molecule has 0 heterocycles. The Morgan fingerprint density at radius 3 is 2.62 bits per heavy atom. The van der Waals surface area contributed by atoms with Gasteiger partial charge < -0.3 is 15.2 Å². The topological polar surface area (TPSA) is 87.7 Å². The maximum atomic E-state index is 11.8. The zero-order chi connectivity index (χ0) is 16.0. The lowest BCUT2D eigenvalue weighted by atomic mass is 10.1. The van der Waals surface area contributed by atoms with Gasteiger partial charge in [0, 0.05) is 17.1 Å². The minimum absolute atomic E-state index is 0.341. The number of carbonyl (C=O) groups excluding carboxylic acids is 2. The molecule has 1 unspecified atom stereocenters. The van der Waals surface area contributed by atoms with Crippen molar-refractivity contribution in [3.05, 3.63) is 28.8 Å². The van der Waals surface area contributed by atoms with Gasteiger partial charge >= 0.3 is 6.03 Å². The predicted molar refractivity (Wildman–Crippen MR) is 79.4 cm³/mol. The monoisotopic (exact) mass is 314 g/mol. The van der Waals surface area contributed by atoms with Crippen LogP contribution in [0.15, 0.2) is 18.2 Å². The molecule has 7 heteroatoms. The highest BCUT2D eigenvalue weighted by atomic mass is 35.5. The highest BCUT2D eigenvalue weighted by Gasteiger charge is 2.19. The number of hydrogen-bond acceptors (Lipinski definition) is 4. The summed E-state index contributed by atoms with van der Waals surface area (Å²) >= 11 is 5.86. The Balaban J connectivity index is 2.76. The molecule has 116 valence electrons. The number of rotatable bonds is 5. The summed E-state index contributed by atoms with van der Waals surface area (Å²) in [6, 6.07) is 4.15. The molecule has 2 atom stereocenters. The molecule has 6 nitrogen and oxygen atoms in total. The summed E-state index contributed by atoms with van der Waals surface area (Å²) in [6.45, 7) is 5.23. The number of ether oxygens (including phenoxy) is 1. The number of aliphatic hydroxyl groups excluding tert-OH is 1. The van der Waals surface area contributed by atoms with E-state index >= 15 is 0 Å². The third kappa shape index (κ3) is 5.24. The van der Waals surface area contributed by atoms with Gasteiger partial charge in [-0.2, -0.15) is 0 Å². The standard InChI is InChI=1S/C14H19ClN2O4/c1-4-16-14(20)17-13(19)9(3)21-12-6-5-10(15)7-11(12)8(2)18/h5-9,18H,4H2,1-3H3,(H2,16,17,19,20)/t8-,9?/m0/s1. The molecular formula is C14H19ClN2O4. The maximum absolute atomic E-state index is 11.8. The van der Waals surface area contributed by atoms with Crippen molar-refractivity contribution in [1.82, 2.24) is 10.6 Å². The van der Waals surface area contributed by atoms with E-state index < -0.39 is 24.1 Å². The number of carbonyl (C=O) groups is 2. The number of amides is 3. The van der Waals surface area contributed by atoms with Crippen molar-refractivity contribution in [2.24, 2.45) is 0 Å². The Morgan fingerprint density at radius 2 is 2.05 bits per heavy atom. The van der Waals surface area contributed by atoms with E-state index in [1.807, 2.05) is 0 Å². The molecule has 21 heavy (non-hydrogen) atoms. The minimum atomic E-state index is -0.897. The lowest BCUT2D eigenvalue weighted by Crippen LogP contribution is -2.45. The SMILES string of the molecule is CCNC(=O)NC(=O)C(C)Oc1ccc(Cl)cc1[C@H](C)O. The number of hydrogen-bond donors (Lipinski definition) is 3. The predicted octanol–water partition coefficient (Wildman–Crippen LogP) is 2.01. The van der Waals surface area contributed by atoms with Crippen LogP contribution in [0.3, 0.4) is 0 Å². The fourth-order valence-electron chi connectivity index (χ4n) is 1.62. The Kier molecular flexibility index (Phi) is 6.45. The van der Waals surface area contributed by atoms with Gasteiger partial charge in [0.1, 0.15) is 5.75 Å². The van der Waals surface area contributed by atoms with E-state index in [9.17, 15) is 14.7 Å². The Morgan fingerprint density at radius 1 is 1.38 bits per heavy atom. The second kappa shape index (κ2) is 7.85. The van der Waals surface area contributed by atoms with Gasteiger partial charge in [-0.05, 0) is 39.0 Å². The molecule has 0 bridgehead atoms.